The Morgan fingerprint density at radius 2 is 1.77 bits per heavy atom. The van der Waals surface area contributed by atoms with E-state index in [9.17, 15) is 9.18 Å². The Balaban J connectivity index is 2.15. The number of hydrogen-bond donors (Lipinski definition) is 1. The first-order chi connectivity index (χ1) is 10.5. The molecule has 1 N–H and O–H groups in total. The van der Waals surface area contributed by atoms with E-state index < -0.39 is 0 Å². The third-order valence-corrected chi connectivity index (χ3v) is 3.68. The zero-order chi connectivity index (χ0) is 16.1. The van der Waals surface area contributed by atoms with Crippen molar-refractivity contribution < 1.29 is 13.9 Å². The van der Waals surface area contributed by atoms with E-state index >= 15 is 0 Å². The molecule has 1 amide bonds. The van der Waals surface area contributed by atoms with E-state index in [0.717, 1.165) is 22.3 Å². The molecule has 116 valence electrons. The minimum Gasteiger partial charge on any atom is -0.486 e. The zero-order valence-corrected chi connectivity index (χ0v) is 13.1. The second kappa shape index (κ2) is 7.07. The number of nitrogens with one attached hydrogen (secondary N) is 1. The molecule has 2 aromatic carbocycles. The van der Waals surface area contributed by atoms with E-state index in [4.69, 9.17) is 4.74 Å². The van der Waals surface area contributed by atoms with Gasteiger partial charge in [-0.25, -0.2) is 4.39 Å². The minimum absolute atomic E-state index is 0.0650. The summed E-state index contributed by atoms with van der Waals surface area (Å²) in [4.78, 5) is 11.5. The normalized spacial score (nSPS) is 10.4. The van der Waals surface area contributed by atoms with Crippen LogP contribution in [-0.4, -0.2) is 13.0 Å². The predicted molar refractivity (Wildman–Crippen MR) is 84.4 cm³/mol. The molecular weight excluding hydrogens is 281 g/mol. The van der Waals surface area contributed by atoms with E-state index in [2.05, 4.69) is 5.32 Å². The number of carbonyl (C=O) groups excluding carboxylic acids is 1. The van der Waals surface area contributed by atoms with Crippen molar-refractivity contribution in [1.82, 2.24) is 5.32 Å². The van der Waals surface area contributed by atoms with Crippen LogP contribution in [0.1, 0.15) is 22.3 Å². The zero-order valence-electron chi connectivity index (χ0n) is 13.1. The Kier molecular flexibility index (Phi) is 5.15. The topological polar surface area (TPSA) is 38.3 Å². The Bertz CT molecular complexity index is 683. The Hall–Kier alpha value is -2.36. The van der Waals surface area contributed by atoms with E-state index in [1.54, 1.807) is 13.1 Å². The van der Waals surface area contributed by atoms with Gasteiger partial charge < -0.3 is 10.1 Å². The van der Waals surface area contributed by atoms with Gasteiger partial charge in [0, 0.05) is 7.05 Å². The first kappa shape index (κ1) is 16.0. The maximum Gasteiger partial charge on any atom is 0.224 e. The van der Waals surface area contributed by atoms with Crippen LogP contribution < -0.4 is 10.1 Å². The molecule has 0 saturated carbocycles. The van der Waals surface area contributed by atoms with Crippen molar-refractivity contribution in [2.24, 2.45) is 0 Å². The summed E-state index contributed by atoms with van der Waals surface area (Å²) < 4.78 is 19.5. The summed E-state index contributed by atoms with van der Waals surface area (Å²) in [6.45, 7) is 4.01. The van der Waals surface area contributed by atoms with Gasteiger partial charge >= 0.3 is 0 Å². The number of benzene rings is 2. The molecule has 0 aliphatic heterocycles. The SMILES string of the molecule is CNC(=O)Cc1ccccc1COc1cc(C)c(C)cc1F. The summed E-state index contributed by atoms with van der Waals surface area (Å²) >= 11 is 0. The fourth-order valence-electron chi connectivity index (χ4n) is 2.15. The summed E-state index contributed by atoms with van der Waals surface area (Å²) in [5.74, 6) is -0.200. The smallest absolute Gasteiger partial charge is 0.224 e. The molecule has 0 atom stereocenters. The lowest BCUT2D eigenvalue weighted by atomic mass is 10.0. The van der Waals surface area contributed by atoms with E-state index in [-0.39, 0.29) is 30.5 Å². The van der Waals surface area contributed by atoms with Crippen molar-refractivity contribution in [2.45, 2.75) is 26.9 Å². The van der Waals surface area contributed by atoms with Gasteiger partial charge in [0.05, 0.1) is 6.42 Å². The molecule has 2 rings (SSSR count). The lowest BCUT2D eigenvalue weighted by molar-refractivity contribution is -0.119. The second-order valence-corrected chi connectivity index (χ2v) is 5.27. The van der Waals surface area contributed by atoms with Gasteiger partial charge in [0.15, 0.2) is 11.6 Å². The Morgan fingerprint density at radius 3 is 2.45 bits per heavy atom. The highest BCUT2D eigenvalue weighted by molar-refractivity contribution is 5.78. The molecule has 0 saturated heterocycles. The second-order valence-electron chi connectivity index (χ2n) is 5.27. The van der Waals surface area contributed by atoms with Crippen LogP contribution in [0.15, 0.2) is 36.4 Å². The number of hydrogen-bond acceptors (Lipinski definition) is 2. The highest BCUT2D eigenvalue weighted by atomic mass is 19.1. The number of amides is 1. The molecule has 0 spiro atoms. The molecule has 2 aromatic rings. The number of carbonyl (C=O) groups is 1. The molecule has 0 aliphatic rings. The van der Waals surface area contributed by atoms with Gasteiger partial charge in [-0.15, -0.1) is 0 Å². The standard InChI is InChI=1S/C18H20FNO2/c1-12-8-16(19)17(9-13(12)2)22-11-15-7-5-4-6-14(15)10-18(21)20-3/h4-9H,10-11H2,1-3H3,(H,20,21). The summed E-state index contributed by atoms with van der Waals surface area (Å²) in [6, 6.07) is 10.7. The van der Waals surface area contributed by atoms with Crippen LogP contribution in [0.5, 0.6) is 5.75 Å². The maximum absolute atomic E-state index is 13.9. The molecular formula is C18H20FNO2. The lowest BCUT2D eigenvalue weighted by Crippen LogP contribution is -2.20. The largest absolute Gasteiger partial charge is 0.486 e. The molecule has 3 nitrogen and oxygen atoms in total. The van der Waals surface area contributed by atoms with Crippen LogP contribution in [-0.2, 0) is 17.8 Å². The third-order valence-electron chi connectivity index (χ3n) is 3.68. The molecule has 0 heterocycles. The van der Waals surface area contributed by atoms with E-state index in [1.807, 2.05) is 38.1 Å². The van der Waals surface area contributed by atoms with Crippen molar-refractivity contribution in [1.29, 1.82) is 0 Å². The highest BCUT2D eigenvalue weighted by Crippen LogP contribution is 2.23. The van der Waals surface area contributed by atoms with Crippen LogP contribution in [0.25, 0.3) is 0 Å². The quantitative estimate of drug-likeness (QED) is 0.920. The average Bonchev–Trinajstić information content (AvgIpc) is 2.50. The van der Waals surface area contributed by atoms with Gasteiger partial charge in [0.1, 0.15) is 6.61 Å². The molecule has 0 aliphatic carbocycles. The minimum atomic E-state index is -0.369. The van der Waals surface area contributed by atoms with Crippen LogP contribution in [0.3, 0.4) is 0 Å². The van der Waals surface area contributed by atoms with Crippen LogP contribution in [0.4, 0.5) is 4.39 Å². The lowest BCUT2D eigenvalue weighted by Gasteiger charge is -2.12. The molecule has 0 bridgehead atoms. The number of aryl methyl sites for hydroxylation is 2. The number of ether oxygens (including phenoxy) is 1. The van der Waals surface area contributed by atoms with E-state index in [0.29, 0.717) is 0 Å². The molecule has 0 unspecified atom stereocenters. The van der Waals surface area contributed by atoms with Gasteiger partial charge in [-0.05, 0) is 48.2 Å². The molecule has 0 fully saturated rings. The van der Waals surface area contributed by atoms with Crippen molar-refractivity contribution in [2.75, 3.05) is 7.05 Å². The summed E-state index contributed by atoms with van der Waals surface area (Å²) in [5.41, 5.74) is 3.63. The Labute approximate surface area is 130 Å². The average molecular weight is 301 g/mol. The van der Waals surface area contributed by atoms with Gasteiger partial charge in [-0.1, -0.05) is 24.3 Å². The summed E-state index contributed by atoms with van der Waals surface area (Å²) in [5, 5.41) is 2.60. The fourth-order valence-corrected chi connectivity index (χ4v) is 2.15. The molecule has 22 heavy (non-hydrogen) atoms. The highest BCUT2D eigenvalue weighted by Gasteiger charge is 2.10. The first-order valence-corrected chi connectivity index (χ1v) is 7.18. The van der Waals surface area contributed by atoms with Gasteiger partial charge in [0.25, 0.3) is 0 Å². The third kappa shape index (κ3) is 3.85. The van der Waals surface area contributed by atoms with Gasteiger partial charge in [-0.2, -0.15) is 0 Å². The van der Waals surface area contributed by atoms with Crippen molar-refractivity contribution in [3.05, 3.63) is 64.5 Å². The molecule has 4 heteroatoms. The first-order valence-electron chi connectivity index (χ1n) is 7.18. The van der Waals surface area contributed by atoms with Crippen LogP contribution in [0, 0.1) is 19.7 Å². The van der Waals surface area contributed by atoms with Crippen molar-refractivity contribution >= 4 is 5.91 Å². The predicted octanol–water partition coefficient (Wildman–Crippen LogP) is 3.31. The Morgan fingerprint density at radius 1 is 1.14 bits per heavy atom. The maximum atomic E-state index is 13.9. The summed E-state index contributed by atoms with van der Waals surface area (Å²) in [6.07, 6.45) is 0.283. The number of halogens is 1. The monoisotopic (exact) mass is 301 g/mol. The fraction of sp³-hybridized carbons (Fsp3) is 0.278. The molecule has 0 aromatic heterocycles. The van der Waals surface area contributed by atoms with Crippen molar-refractivity contribution in [3.63, 3.8) is 0 Å². The van der Waals surface area contributed by atoms with Gasteiger partial charge in [-0.3, -0.25) is 4.79 Å². The number of likely N-dealkylation sites (N-methyl/N-ethyl adjacent to an activating group) is 1. The molecule has 0 radical (unpaired) electrons. The van der Waals surface area contributed by atoms with Crippen LogP contribution >= 0.6 is 0 Å². The van der Waals surface area contributed by atoms with E-state index in [1.165, 1.54) is 6.07 Å². The van der Waals surface area contributed by atoms with Gasteiger partial charge in [0.2, 0.25) is 5.91 Å². The summed E-state index contributed by atoms with van der Waals surface area (Å²) in [7, 11) is 1.60. The van der Waals surface area contributed by atoms with Crippen LogP contribution in [0.2, 0.25) is 0 Å². The van der Waals surface area contributed by atoms with Crippen molar-refractivity contribution in [3.8, 4) is 5.75 Å². The number of rotatable bonds is 5.